The Bertz CT molecular complexity index is 201. The van der Waals surface area contributed by atoms with Gasteiger partial charge in [0.05, 0.1) is 0 Å². The lowest BCUT2D eigenvalue weighted by Crippen LogP contribution is -2.25. The van der Waals surface area contributed by atoms with Gasteiger partial charge in [0, 0.05) is 5.88 Å². The summed E-state index contributed by atoms with van der Waals surface area (Å²) in [7, 11) is -5.31. The summed E-state index contributed by atoms with van der Waals surface area (Å²) in [5.41, 5.74) is 4.62. The maximum atomic E-state index is 12.0. The van der Waals surface area contributed by atoms with Gasteiger partial charge in [-0.2, -0.15) is 17.2 Å². The monoisotopic (exact) mass is 193 g/mol. The summed E-state index contributed by atoms with van der Waals surface area (Å²) >= 11 is -0.353. The Morgan fingerprint density at radius 2 is 2.00 bits per heavy atom. The molecule has 0 bridgehead atoms. The van der Waals surface area contributed by atoms with E-state index in [-0.39, 0.29) is 11.8 Å². The number of hydrogen-bond donors (Lipinski definition) is 2. The Hall–Kier alpha value is 0.0800. The van der Waals surface area contributed by atoms with E-state index in [4.69, 9.17) is 4.55 Å². The zero-order chi connectivity index (χ0) is 8.41. The first-order valence-corrected chi connectivity index (χ1v) is 4.42. The molecule has 0 aliphatic heterocycles. The first kappa shape index (κ1) is 10.1. The van der Waals surface area contributed by atoms with Gasteiger partial charge in [-0.15, -0.1) is 0 Å². The van der Waals surface area contributed by atoms with E-state index in [1.54, 1.807) is 0 Å². The minimum Gasteiger partial charge on any atom is -0.322 e. The molecule has 0 saturated heterocycles. The lowest BCUT2D eigenvalue weighted by atomic mass is 11.5. The van der Waals surface area contributed by atoms with Crippen molar-refractivity contribution in [2.24, 2.45) is 5.73 Å². The third-order valence-electron chi connectivity index (χ3n) is 0.552. The molecule has 0 heterocycles. The van der Waals surface area contributed by atoms with Crippen LogP contribution >= 0.6 is 11.8 Å². The van der Waals surface area contributed by atoms with Crippen molar-refractivity contribution in [1.29, 1.82) is 0 Å². The third-order valence-corrected chi connectivity index (χ3v) is 2.64. The second-order valence-corrected chi connectivity index (χ2v) is 4.11. The topological polar surface area (TPSA) is 80.4 Å². The normalized spacial score (nSPS) is 13.6. The number of nitrogens with two attached hydrogens (primary N) is 1. The molecule has 4 nitrogen and oxygen atoms in total. The van der Waals surface area contributed by atoms with Gasteiger partial charge in [-0.25, -0.2) is 0 Å². The molecule has 0 aromatic carbocycles. The standard InChI is InChI=1S/C2H5F2NO3S2/c3-2(4,9-1-5)10(6,7)8/h1,5H2,(H,6,7,8). The van der Waals surface area contributed by atoms with Crippen LogP contribution in [0, 0.1) is 0 Å². The zero-order valence-corrected chi connectivity index (χ0v) is 6.25. The van der Waals surface area contributed by atoms with Gasteiger partial charge in [0.15, 0.2) is 0 Å². The molecule has 3 N–H and O–H groups in total. The maximum absolute atomic E-state index is 12.0. The van der Waals surface area contributed by atoms with E-state index in [2.05, 4.69) is 5.73 Å². The van der Waals surface area contributed by atoms with Crippen LogP contribution in [0.15, 0.2) is 0 Å². The highest BCUT2D eigenvalue weighted by Gasteiger charge is 2.44. The zero-order valence-electron chi connectivity index (χ0n) is 4.62. The Kier molecular flexibility index (Phi) is 3.01. The average Bonchev–Trinajstić information content (AvgIpc) is 1.61. The second kappa shape index (κ2) is 2.99. The molecule has 0 aromatic heterocycles. The molecule has 0 fully saturated rings. The Balaban J connectivity index is 4.42. The molecule has 8 heteroatoms. The van der Waals surface area contributed by atoms with Crippen molar-refractivity contribution >= 4 is 21.9 Å². The van der Waals surface area contributed by atoms with Gasteiger partial charge in [0.2, 0.25) is 0 Å². The summed E-state index contributed by atoms with van der Waals surface area (Å²) < 4.78 is 47.1. The van der Waals surface area contributed by atoms with Crippen LogP contribution in [0.25, 0.3) is 0 Å². The van der Waals surface area contributed by atoms with Gasteiger partial charge >= 0.3 is 14.7 Å². The SMILES string of the molecule is NCSC(F)(F)S(=O)(=O)O. The molecule has 62 valence electrons. The fourth-order valence-corrected chi connectivity index (χ4v) is 1.17. The van der Waals surface area contributed by atoms with Crippen molar-refractivity contribution in [1.82, 2.24) is 0 Å². The molecule has 0 rings (SSSR count). The predicted octanol–water partition coefficient (Wildman–Crippen LogP) is 0.0739. The minimum absolute atomic E-state index is 0.353. The summed E-state index contributed by atoms with van der Waals surface area (Å²) in [5, 5.41) is 0. The van der Waals surface area contributed by atoms with Crippen LogP contribution in [-0.4, -0.2) is 23.4 Å². The molecular weight excluding hydrogens is 188 g/mol. The molecule has 0 radical (unpaired) electrons. The van der Waals surface area contributed by atoms with Crippen molar-refractivity contribution < 1.29 is 21.8 Å². The fraction of sp³-hybridized carbons (Fsp3) is 1.00. The molecule has 0 aliphatic rings. The summed E-state index contributed by atoms with van der Waals surface area (Å²) in [6.07, 6.45) is 0. The van der Waals surface area contributed by atoms with E-state index in [0.29, 0.717) is 0 Å². The lowest BCUT2D eigenvalue weighted by Gasteiger charge is -2.09. The van der Waals surface area contributed by atoms with Crippen molar-refractivity contribution in [3.63, 3.8) is 0 Å². The largest absolute Gasteiger partial charge is 0.418 e. The molecular formula is C2H5F2NO3S2. The van der Waals surface area contributed by atoms with E-state index in [0.717, 1.165) is 0 Å². The van der Waals surface area contributed by atoms with Crippen molar-refractivity contribution in [3.8, 4) is 0 Å². The van der Waals surface area contributed by atoms with Crippen LogP contribution in [0.5, 0.6) is 0 Å². The summed E-state index contributed by atoms with van der Waals surface area (Å²) in [6.45, 7) is 0. The van der Waals surface area contributed by atoms with Crippen LogP contribution in [0.4, 0.5) is 8.78 Å². The van der Waals surface area contributed by atoms with Crippen molar-refractivity contribution in [2.75, 3.05) is 5.88 Å². The van der Waals surface area contributed by atoms with Crippen LogP contribution in [0.1, 0.15) is 0 Å². The van der Waals surface area contributed by atoms with Gasteiger partial charge in [-0.1, -0.05) is 11.8 Å². The molecule has 0 saturated carbocycles. The van der Waals surface area contributed by atoms with E-state index < -0.39 is 20.6 Å². The Labute approximate surface area is 60.5 Å². The first-order valence-electron chi connectivity index (χ1n) is 2.00. The van der Waals surface area contributed by atoms with Crippen LogP contribution in [0.2, 0.25) is 0 Å². The van der Waals surface area contributed by atoms with Crippen LogP contribution < -0.4 is 5.73 Å². The molecule has 10 heavy (non-hydrogen) atoms. The van der Waals surface area contributed by atoms with Crippen molar-refractivity contribution in [2.45, 2.75) is 4.59 Å². The van der Waals surface area contributed by atoms with Gasteiger partial charge < -0.3 is 5.73 Å². The number of rotatable bonds is 3. The number of hydrogen-bond acceptors (Lipinski definition) is 4. The van der Waals surface area contributed by atoms with E-state index in [9.17, 15) is 17.2 Å². The third kappa shape index (κ3) is 2.37. The molecule has 0 unspecified atom stereocenters. The molecule has 0 amide bonds. The number of thioether (sulfide) groups is 1. The average molecular weight is 193 g/mol. The summed E-state index contributed by atoms with van der Waals surface area (Å²) in [4.78, 5) is 0. The lowest BCUT2D eigenvalue weighted by molar-refractivity contribution is 0.180. The highest BCUT2D eigenvalue weighted by molar-refractivity contribution is 8.12. The van der Waals surface area contributed by atoms with Crippen molar-refractivity contribution in [3.05, 3.63) is 0 Å². The Morgan fingerprint density at radius 3 is 2.10 bits per heavy atom. The molecule has 0 atom stereocenters. The first-order chi connectivity index (χ1) is 4.31. The summed E-state index contributed by atoms with van der Waals surface area (Å²) in [5.74, 6) is -0.577. The highest BCUT2D eigenvalue weighted by Crippen LogP contribution is 2.32. The summed E-state index contributed by atoms with van der Waals surface area (Å²) in [6, 6.07) is 0. The van der Waals surface area contributed by atoms with Gasteiger partial charge in [-0.3, -0.25) is 4.55 Å². The highest BCUT2D eigenvalue weighted by atomic mass is 32.3. The molecule has 0 aromatic rings. The number of alkyl halides is 2. The van der Waals surface area contributed by atoms with E-state index >= 15 is 0 Å². The van der Waals surface area contributed by atoms with E-state index in [1.807, 2.05) is 0 Å². The van der Waals surface area contributed by atoms with Gasteiger partial charge in [-0.05, 0) is 0 Å². The number of halogens is 2. The van der Waals surface area contributed by atoms with E-state index in [1.165, 1.54) is 0 Å². The quantitative estimate of drug-likeness (QED) is 0.490. The van der Waals surface area contributed by atoms with Crippen LogP contribution in [0.3, 0.4) is 0 Å². The smallest absolute Gasteiger partial charge is 0.322 e. The second-order valence-electron chi connectivity index (χ2n) is 1.25. The Morgan fingerprint density at radius 1 is 1.60 bits per heavy atom. The van der Waals surface area contributed by atoms with Crippen LogP contribution in [-0.2, 0) is 10.1 Å². The van der Waals surface area contributed by atoms with Gasteiger partial charge in [0.1, 0.15) is 0 Å². The predicted molar refractivity (Wildman–Crippen MR) is 33.1 cm³/mol. The fourth-order valence-electron chi connectivity index (χ4n) is 0.171. The molecule has 0 aliphatic carbocycles. The molecule has 0 spiro atoms. The van der Waals surface area contributed by atoms with Gasteiger partial charge in [0.25, 0.3) is 0 Å². The maximum Gasteiger partial charge on any atom is 0.418 e. The minimum atomic E-state index is -5.31.